The van der Waals surface area contributed by atoms with E-state index in [-0.39, 0.29) is 25.0 Å². The summed E-state index contributed by atoms with van der Waals surface area (Å²) in [4.78, 5) is 24.1. The van der Waals surface area contributed by atoms with Gasteiger partial charge in [0, 0.05) is 18.8 Å². The Morgan fingerprint density at radius 3 is 1.27 bits per heavy atom. The molecule has 0 rings (SSSR count). The molecular weight excluding hydrogens is 498 g/mol. The van der Waals surface area contributed by atoms with Crippen LogP contribution in [0.3, 0.4) is 0 Å². The molecule has 0 saturated heterocycles. The predicted octanol–water partition coefficient (Wildman–Crippen LogP) is 9.21. The van der Waals surface area contributed by atoms with Gasteiger partial charge in [0.2, 0.25) is 5.91 Å². The third kappa shape index (κ3) is 27.2. The number of amides is 1. The average molecular weight is 568 g/mol. The molecule has 3 N–H and O–H groups in total. The van der Waals surface area contributed by atoms with Crippen molar-refractivity contribution in [2.24, 2.45) is 5.92 Å². The number of aliphatic hydroxyl groups is 2. The van der Waals surface area contributed by atoms with Crippen LogP contribution in [0.2, 0.25) is 0 Å². The minimum atomic E-state index is -0.530. The number of hydrogen-bond donors (Lipinski definition) is 3. The summed E-state index contributed by atoms with van der Waals surface area (Å²) in [6.07, 6.45) is 33.1. The zero-order valence-corrected chi connectivity index (χ0v) is 26.9. The van der Waals surface area contributed by atoms with Gasteiger partial charge in [-0.2, -0.15) is 0 Å². The van der Waals surface area contributed by atoms with Crippen molar-refractivity contribution in [3.63, 3.8) is 0 Å². The Morgan fingerprint density at radius 2 is 0.875 bits per heavy atom. The second-order valence-electron chi connectivity index (χ2n) is 12.4. The Morgan fingerprint density at radius 1 is 0.525 bits per heavy atom. The summed E-state index contributed by atoms with van der Waals surface area (Å²) in [5.41, 5.74) is 0. The quantitative estimate of drug-likeness (QED) is 0.0707. The molecule has 238 valence electrons. The number of rotatable bonds is 32. The van der Waals surface area contributed by atoms with Crippen molar-refractivity contribution in [1.82, 2.24) is 5.32 Å². The lowest BCUT2D eigenvalue weighted by Gasteiger charge is -2.12. The largest absolute Gasteiger partial charge is 0.394 e. The Bertz CT molecular complexity index is 550. The summed E-state index contributed by atoms with van der Waals surface area (Å²) in [7, 11) is 0. The van der Waals surface area contributed by atoms with Gasteiger partial charge in [0.15, 0.2) is 0 Å². The third-order valence-corrected chi connectivity index (χ3v) is 8.42. The highest BCUT2D eigenvalue weighted by atomic mass is 16.3. The Hall–Kier alpha value is -0.940. The standard InChI is InChI=1S/C35H69NO4/c1-3-4-5-6-7-8-9-12-15-18-21-24-27-32(2)34(39)28-25-22-19-16-13-10-11-14-17-20-23-26-29-35(40)36-33(30-37)31-38/h32-33,37-38H,3-31H2,1-2H3,(H,36,40). The number of carbonyl (C=O) groups excluding carboxylic acids is 2. The van der Waals surface area contributed by atoms with E-state index in [0.717, 1.165) is 32.1 Å². The van der Waals surface area contributed by atoms with E-state index in [9.17, 15) is 9.59 Å². The van der Waals surface area contributed by atoms with Gasteiger partial charge >= 0.3 is 0 Å². The molecule has 1 unspecified atom stereocenters. The summed E-state index contributed by atoms with van der Waals surface area (Å²) < 4.78 is 0. The summed E-state index contributed by atoms with van der Waals surface area (Å²) in [6.45, 7) is 3.98. The van der Waals surface area contributed by atoms with Crippen molar-refractivity contribution in [2.75, 3.05) is 13.2 Å². The normalized spacial score (nSPS) is 12.2. The number of Topliss-reactive ketones (excluding diaryl/α,β-unsaturated/α-hetero) is 1. The summed E-state index contributed by atoms with van der Waals surface area (Å²) >= 11 is 0. The Labute approximate surface area is 249 Å². The van der Waals surface area contributed by atoms with Gasteiger partial charge in [0.1, 0.15) is 5.78 Å². The fourth-order valence-corrected chi connectivity index (χ4v) is 5.50. The smallest absolute Gasteiger partial charge is 0.220 e. The highest BCUT2D eigenvalue weighted by Gasteiger charge is 2.12. The summed E-state index contributed by atoms with van der Waals surface area (Å²) in [6, 6.07) is -0.530. The number of aliphatic hydroxyl groups excluding tert-OH is 2. The molecular formula is C35H69NO4. The first-order valence-electron chi connectivity index (χ1n) is 17.6. The van der Waals surface area contributed by atoms with Crippen LogP contribution in [-0.2, 0) is 9.59 Å². The van der Waals surface area contributed by atoms with Crippen LogP contribution >= 0.6 is 0 Å². The topological polar surface area (TPSA) is 86.6 Å². The van der Waals surface area contributed by atoms with Gasteiger partial charge in [-0.15, -0.1) is 0 Å². The Balaban J connectivity index is 3.36. The summed E-state index contributed by atoms with van der Waals surface area (Å²) in [5, 5.41) is 20.6. The van der Waals surface area contributed by atoms with Gasteiger partial charge < -0.3 is 15.5 Å². The van der Waals surface area contributed by atoms with Crippen molar-refractivity contribution < 1.29 is 19.8 Å². The minimum Gasteiger partial charge on any atom is -0.394 e. The van der Waals surface area contributed by atoms with Crippen molar-refractivity contribution >= 4 is 11.7 Å². The molecule has 0 spiro atoms. The maximum absolute atomic E-state index is 12.4. The maximum Gasteiger partial charge on any atom is 0.220 e. The molecule has 0 aliphatic heterocycles. The molecule has 0 heterocycles. The second kappa shape index (κ2) is 31.0. The lowest BCUT2D eigenvalue weighted by molar-refractivity contribution is -0.123. The van der Waals surface area contributed by atoms with Crippen LogP contribution < -0.4 is 5.32 Å². The van der Waals surface area contributed by atoms with Crippen LogP contribution in [0.4, 0.5) is 0 Å². The first-order valence-corrected chi connectivity index (χ1v) is 17.6. The highest BCUT2D eigenvalue weighted by molar-refractivity contribution is 5.80. The van der Waals surface area contributed by atoms with Crippen molar-refractivity contribution in [3.8, 4) is 0 Å². The molecule has 5 nitrogen and oxygen atoms in total. The van der Waals surface area contributed by atoms with Crippen LogP contribution in [-0.4, -0.2) is 41.2 Å². The number of carbonyl (C=O) groups is 2. The van der Waals surface area contributed by atoms with Gasteiger partial charge in [-0.05, 0) is 19.3 Å². The third-order valence-electron chi connectivity index (χ3n) is 8.42. The Kier molecular flexibility index (Phi) is 30.3. The first kappa shape index (κ1) is 39.1. The molecule has 0 saturated carbocycles. The fourth-order valence-electron chi connectivity index (χ4n) is 5.50. The molecule has 1 atom stereocenters. The van der Waals surface area contributed by atoms with Crippen LogP contribution in [0, 0.1) is 5.92 Å². The average Bonchev–Trinajstić information content (AvgIpc) is 2.96. The van der Waals surface area contributed by atoms with E-state index in [1.807, 2.05) is 0 Å². The van der Waals surface area contributed by atoms with Crippen LogP contribution in [0.5, 0.6) is 0 Å². The second-order valence-corrected chi connectivity index (χ2v) is 12.4. The van der Waals surface area contributed by atoms with Gasteiger partial charge in [0.05, 0.1) is 19.3 Å². The molecule has 0 aliphatic carbocycles. The molecule has 0 aliphatic rings. The fraction of sp³-hybridized carbons (Fsp3) is 0.943. The molecule has 0 radical (unpaired) electrons. The molecule has 0 aromatic heterocycles. The van der Waals surface area contributed by atoms with Crippen molar-refractivity contribution in [2.45, 2.75) is 193 Å². The first-order chi connectivity index (χ1) is 19.5. The molecule has 0 aromatic rings. The minimum absolute atomic E-state index is 0.0817. The van der Waals surface area contributed by atoms with Gasteiger partial charge in [-0.1, -0.05) is 155 Å². The lowest BCUT2D eigenvalue weighted by Crippen LogP contribution is -2.39. The van der Waals surface area contributed by atoms with Crippen LogP contribution in [0.1, 0.15) is 187 Å². The number of unbranched alkanes of at least 4 members (excludes halogenated alkanes) is 22. The van der Waals surface area contributed by atoms with E-state index in [1.54, 1.807) is 0 Å². The maximum atomic E-state index is 12.4. The predicted molar refractivity (Wildman–Crippen MR) is 171 cm³/mol. The SMILES string of the molecule is CCCCCCCCCCCCCCC(C)C(=O)CCCCCCCCCCCCCCC(=O)NC(CO)CO. The van der Waals surface area contributed by atoms with Gasteiger partial charge in [-0.3, -0.25) is 9.59 Å². The molecule has 0 aromatic carbocycles. The van der Waals surface area contributed by atoms with Gasteiger partial charge in [0.25, 0.3) is 0 Å². The molecule has 5 heteroatoms. The van der Waals surface area contributed by atoms with E-state index >= 15 is 0 Å². The number of nitrogens with one attached hydrogen (secondary N) is 1. The van der Waals surface area contributed by atoms with E-state index in [4.69, 9.17) is 10.2 Å². The molecule has 0 fully saturated rings. The summed E-state index contributed by atoms with van der Waals surface area (Å²) in [5.74, 6) is 0.662. The van der Waals surface area contributed by atoms with E-state index in [1.165, 1.54) is 135 Å². The molecule has 1 amide bonds. The van der Waals surface area contributed by atoms with Crippen molar-refractivity contribution in [3.05, 3.63) is 0 Å². The molecule has 0 bridgehead atoms. The van der Waals surface area contributed by atoms with E-state index in [2.05, 4.69) is 19.2 Å². The number of hydrogen-bond acceptors (Lipinski definition) is 4. The van der Waals surface area contributed by atoms with E-state index < -0.39 is 6.04 Å². The van der Waals surface area contributed by atoms with Crippen LogP contribution in [0.15, 0.2) is 0 Å². The monoisotopic (exact) mass is 568 g/mol. The van der Waals surface area contributed by atoms with Crippen molar-refractivity contribution in [1.29, 1.82) is 0 Å². The van der Waals surface area contributed by atoms with E-state index in [0.29, 0.717) is 12.2 Å². The lowest BCUT2D eigenvalue weighted by atomic mass is 9.94. The zero-order chi connectivity index (χ0) is 29.5. The highest BCUT2D eigenvalue weighted by Crippen LogP contribution is 2.18. The number of ketones is 1. The zero-order valence-electron chi connectivity index (χ0n) is 26.9. The van der Waals surface area contributed by atoms with Gasteiger partial charge in [-0.25, -0.2) is 0 Å². The van der Waals surface area contributed by atoms with Crippen LogP contribution in [0.25, 0.3) is 0 Å². The molecule has 40 heavy (non-hydrogen) atoms.